The molecule has 4 heteroatoms. The SMILES string of the molecule is C=C(CCl)C(=O)OCCO. The van der Waals surface area contributed by atoms with Gasteiger partial charge in [-0.1, -0.05) is 6.58 Å². The summed E-state index contributed by atoms with van der Waals surface area (Å²) < 4.78 is 4.47. The van der Waals surface area contributed by atoms with Crippen molar-refractivity contribution < 1.29 is 14.6 Å². The third-order valence-electron chi connectivity index (χ3n) is 0.774. The van der Waals surface area contributed by atoms with E-state index < -0.39 is 5.97 Å². The first-order valence-electron chi connectivity index (χ1n) is 2.74. The molecule has 10 heavy (non-hydrogen) atoms. The molecule has 0 aromatic heterocycles. The zero-order valence-corrected chi connectivity index (χ0v) is 6.23. The molecule has 0 atom stereocenters. The highest BCUT2D eigenvalue weighted by molar-refractivity contribution is 6.22. The Morgan fingerprint density at radius 3 is 2.70 bits per heavy atom. The molecule has 0 bridgehead atoms. The number of carbonyl (C=O) groups excluding carboxylic acids is 1. The molecule has 0 aliphatic heterocycles. The first kappa shape index (κ1) is 9.46. The summed E-state index contributed by atoms with van der Waals surface area (Å²) >= 11 is 5.26. The van der Waals surface area contributed by atoms with Gasteiger partial charge in [0.05, 0.1) is 12.5 Å². The molecule has 3 nitrogen and oxygen atoms in total. The molecule has 0 aliphatic rings. The van der Waals surface area contributed by atoms with Crippen LogP contribution in [0.15, 0.2) is 12.2 Å². The average molecular weight is 165 g/mol. The number of rotatable bonds is 4. The minimum absolute atomic E-state index is 0.00522. The molecular weight excluding hydrogens is 156 g/mol. The Morgan fingerprint density at radius 2 is 2.30 bits per heavy atom. The monoisotopic (exact) mass is 164 g/mol. The van der Waals surface area contributed by atoms with Crippen LogP contribution in [-0.4, -0.2) is 30.2 Å². The molecule has 1 N–H and O–H groups in total. The minimum Gasteiger partial charge on any atom is -0.460 e. The van der Waals surface area contributed by atoms with Gasteiger partial charge in [0, 0.05) is 5.57 Å². The summed E-state index contributed by atoms with van der Waals surface area (Å²) in [5.41, 5.74) is 0.204. The Bertz CT molecular complexity index is 133. The van der Waals surface area contributed by atoms with Gasteiger partial charge in [-0.3, -0.25) is 0 Å². The molecule has 0 rings (SSSR count). The van der Waals surface area contributed by atoms with Crippen molar-refractivity contribution >= 4 is 17.6 Å². The molecular formula is C6H9ClO3. The first-order chi connectivity index (χ1) is 4.72. The maximum atomic E-state index is 10.6. The van der Waals surface area contributed by atoms with Crippen LogP contribution in [-0.2, 0) is 9.53 Å². The van der Waals surface area contributed by atoms with E-state index in [1.165, 1.54) is 0 Å². The van der Waals surface area contributed by atoms with Crippen LogP contribution in [0.4, 0.5) is 0 Å². The van der Waals surface area contributed by atoms with Crippen molar-refractivity contribution in [1.29, 1.82) is 0 Å². The van der Waals surface area contributed by atoms with E-state index in [9.17, 15) is 4.79 Å². The lowest BCUT2D eigenvalue weighted by atomic mass is 10.4. The van der Waals surface area contributed by atoms with Gasteiger partial charge in [0.1, 0.15) is 6.61 Å². The summed E-state index contributed by atoms with van der Waals surface area (Å²) in [5.74, 6) is -0.492. The lowest BCUT2D eigenvalue weighted by Gasteiger charge is -2.00. The molecule has 0 fully saturated rings. The van der Waals surface area contributed by atoms with Crippen molar-refractivity contribution in [3.63, 3.8) is 0 Å². The number of carbonyl (C=O) groups is 1. The Hall–Kier alpha value is -0.540. The Balaban J connectivity index is 3.52. The molecule has 58 valence electrons. The van der Waals surface area contributed by atoms with Crippen LogP contribution in [0.3, 0.4) is 0 Å². The van der Waals surface area contributed by atoms with Crippen LogP contribution in [0.5, 0.6) is 0 Å². The molecule has 0 aliphatic carbocycles. The predicted octanol–water partition coefficient (Wildman–Crippen LogP) is 0.317. The molecule has 0 radical (unpaired) electrons. The lowest BCUT2D eigenvalue weighted by Crippen LogP contribution is -2.10. The van der Waals surface area contributed by atoms with Crippen LogP contribution >= 0.6 is 11.6 Å². The number of halogens is 1. The van der Waals surface area contributed by atoms with Gasteiger partial charge in [-0.2, -0.15) is 0 Å². The van der Waals surface area contributed by atoms with Crippen LogP contribution < -0.4 is 0 Å². The number of hydrogen-bond acceptors (Lipinski definition) is 3. The van der Waals surface area contributed by atoms with Crippen molar-refractivity contribution in [2.45, 2.75) is 0 Å². The van der Waals surface area contributed by atoms with Crippen molar-refractivity contribution in [2.75, 3.05) is 19.1 Å². The van der Waals surface area contributed by atoms with E-state index in [-0.39, 0.29) is 24.7 Å². The third-order valence-corrected chi connectivity index (χ3v) is 1.10. The van der Waals surface area contributed by atoms with E-state index in [0.29, 0.717) is 0 Å². The van der Waals surface area contributed by atoms with E-state index in [1.54, 1.807) is 0 Å². The Morgan fingerprint density at radius 1 is 1.70 bits per heavy atom. The summed E-state index contributed by atoms with van der Waals surface area (Å²) in [4.78, 5) is 10.6. The summed E-state index contributed by atoms with van der Waals surface area (Å²) in [7, 11) is 0. The normalized spacial score (nSPS) is 9.00. The Labute approximate surface area is 64.2 Å². The van der Waals surface area contributed by atoms with Crippen molar-refractivity contribution in [3.8, 4) is 0 Å². The summed E-state index contributed by atoms with van der Waals surface area (Å²) in [6.07, 6.45) is 0. The third kappa shape index (κ3) is 3.48. The van der Waals surface area contributed by atoms with Gasteiger partial charge in [-0.25, -0.2) is 4.79 Å². The van der Waals surface area contributed by atoms with Crippen molar-refractivity contribution in [1.82, 2.24) is 0 Å². The largest absolute Gasteiger partial charge is 0.460 e. The highest BCUT2D eigenvalue weighted by atomic mass is 35.5. The van der Waals surface area contributed by atoms with Gasteiger partial charge >= 0.3 is 5.97 Å². The van der Waals surface area contributed by atoms with Crippen molar-refractivity contribution in [2.24, 2.45) is 0 Å². The topological polar surface area (TPSA) is 46.5 Å². The van der Waals surface area contributed by atoms with E-state index in [4.69, 9.17) is 16.7 Å². The molecule has 0 saturated heterocycles. The number of hydrogen-bond donors (Lipinski definition) is 1. The minimum atomic E-state index is -0.552. The second kappa shape index (κ2) is 5.26. The second-order valence-electron chi connectivity index (χ2n) is 1.60. The zero-order valence-electron chi connectivity index (χ0n) is 5.47. The molecule has 0 aromatic carbocycles. The van der Waals surface area contributed by atoms with Crippen LogP contribution in [0, 0.1) is 0 Å². The molecule has 0 unspecified atom stereocenters. The maximum Gasteiger partial charge on any atom is 0.334 e. The predicted molar refractivity (Wildman–Crippen MR) is 37.9 cm³/mol. The fourth-order valence-corrected chi connectivity index (χ4v) is 0.404. The number of ether oxygens (including phenoxy) is 1. The van der Waals surface area contributed by atoms with E-state index in [1.807, 2.05) is 0 Å². The highest BCUT2D eigenvalue weighted by Gasteiger charge is 2.04. The number of esters is 1. The van der Waals surface area contributed by atoms with Gasteiger partial charge in [-0.15, -0.1) is 11.6 Å². The first-order valence-corrected chi connectivity index (χ1v) is 3.27. The molecule has 0 heterocycles. The number of alkyl halides is 1. The molecule has 0 amide bonds. The fraction of sp³-hybridized carbons (Fsp3) is 0.500. The van der Waals surface area contributed by atoms with E-state index in [0.717, 1.165) is 0 Å². The average Bonchev–Trinajstić information content (AvgIpc) is 1.98. The van der Waals surface area contributed by atoms with E-state index in [2.05, 4.69) is 11.3 Å². The number of aliphatic hydroxyl groups is 1. The van der Waals surface area contributed by atoms with Crippen LogP contribution in [0.25, 0.3) is 0 Å². The maximum absolute atomic E-state index is 10.6. The lowest BCUT2D eigenvalue weighted by molar-refractivity contribution is -0.139. The molecule has 0 aromatic rings. The summed E-state index contributed by atoms with van der Waals surface area (Å²) in [6, 6.07) is 0. The van der Waals surface area contributed by atoms with Gasteiger partial charge in [0.2, 0.25) is 0 Å². The van der Waals surface area contributed by atoms with Crippen LogP contribution in [0.2, 0.25) is 0 Å². The standard InChI is InChI=1S/C6H9ClO3/c1-5(4-7)6(9)10-3-2-8/h8H,1-4H2. The quantitative estimate of drug-likeness (QED) is 0.370. The zero-order chi connectivity index (χ0) is 7.98. The summed E-state index contributed by atoms with van der Waals surface area (Å²) in [5, 5.41) is 8.23. The highest BCUT2D eigenvalue weighted by Crippen LogP contribution is 1.96. The Kier molecular flexibility index (Phi) is 4.98. The second-order valence-corrected chi connectivity index (χ2v) is 1.86. The van der Waals surface area contributed by atoms with E-state index >= 15 is 0 Å². The van der Waals surface area contributed by atoms with Gasteiger partial charge in [0.25, 0.3) is 0 Å². The fourth-order valence-electron chi connectivity index (χ4n) is 0.295. The molecule has 0 saturated carbocycles. The smallest absolute Gasteiger partial charge is 0.334 e. The van der Waals surface area contributed by atoms with Crippen LogP contribution in [0.1, 0.15) is 0 Å². The summed E-state index contributed by atoms with van der Waals surface area (Å²) in [6.45, 7) is 3.15. The van der Waals surface area contributed by atoms with Gasteiger partial charge in [-0.05, 0) is 0 Å². The molecule has 0 spiro atoms. The van der Waals surface area contributed by atoms with Gasteiger partial charge in [0.15, 0.2) is 0 Å². The van der Waals surface area contributed by atoms with Crippen molar-refractivity contribution in [3.05, 3.63) is 12.2 Å². The van der Waals surface area contributed by atoms with Gasteiger partial charge < -0.3 is 9.84 Å². The number of aliphatic hydroxyl groups excluding tert-OH is 1.